The van der Waals surface area contributed by atoms with Crippen LogP contribution in [0.15, 0.2) is 30.5 Å². The van der Waals surface area contributed by atoms with Gasteiger partial charge in [-0.15, -0.1) is 0 Å². The first-order valence-corrected chi connectivity index (χ1v) is 8.13. The van der Waals surface area contributed by atoms with Crippen LogP contribution in [0.5, 0.6) is 6.01 Å². The molecule has 0 aliphatic carbocycles. The molecule has 7 heteroatoms. The van der Waals surface area contributed by atoms with Gasteiger partial charge in [-0.25, -0.2) is 4.98 Å². The van der Waals surface area contributed by atoms with Gasteiger partial charge in [0.15, 0.2) is 5.82 Å². The van der Waals surface area contributed by atoms with Crippen molar-refractivity contribution in [2.45, 2.75) is 6.92 Å². The van der Waals surface area contributed by atoms with E-state index in [0.29, 0.717) is 37.0 Å². The van der Waals surface area contributed by atoms with Crippen LogP contribution in [0.4, 0.5) is 5.82 Å². The number of methoxy groups -OCH3 is 1. The Hall–Kier alpha value is -2.34. The minimum atomic E-state index is 0.0565. The van der Waals surface area contributed by atoms with Crippen molar-refractivity contribution >= 4 is 23.3 Å². The van der Waals surface area contributed by atoms with Gasteiger partial charge in [-0.05, 0) is 19.1 Å². The number of aromatic nitrogens is 2. The number of piperazine rings is 1. The Balaban J connectivity index is 1.67. The lowest BCUT2D eigenvalue weighted by Gasteiger charge is -2.35. The number of ether oxygens (including phenoxy) is 1. The Morgan fingerprint density at radius 2 is 1.83 bits per heavy atom. The zero-order valence-electron chi connectivity index (χ0n) is 13.7. The Morgan fingerprint density at radius 3 is 2.46 bits per heavy atom. The highest BCUT2D eigenvalue weighted by Crippen LogP contribution is 2.25. The summed E-state index contributed by atoms with van der Waals surface area (Å²) in [5.74, 6) is 0.701. The maximum Gasteiger partial charge on any atom is 0.318 e. The van der Waals surface area contributed by atoms with Crippen molar-refractivity contribution in [3.05, 3.63) is 46.6 Å². The van der Waals surface area contributed by atoms with E-state index in [9.17, 15) is 4.79 Å². The molecule has 1 aromatic heterocycles. The fourth-order valence-electron chi connectivity index (χ4n) is 2.66. The summed E-state index contributed by atoms with van der Waals surface area (Å²) >= 11 is 6.19. The summed E-state index contributed by atoms with van der Waals surface area (Å²) in [6.07, 6.45) is 1.53. The maximum atomic E-state index is 12.6. The second-order valence-corrected chi connectivity index (χ2v) is 6.08. The number of benzene rings is 1. The molecule has 1 aromatic carbocycles. The van der Waals surface area contributed by atoms with Crippen LogP contribution in [-0.2, 0) is 0 Å². The van der Waals surface area contributed by atoms with Crippen LogP contribution in [0, 0.1) is 6.92 Å². The van der Waals surface area contributed by atoms with Gasteiger partial charge in [0.05, 0.1) is 13.3 Å². The summed E-state index contributed by atoms with van der Waals surface area (Å²) in [7, 11) is 1.52. The fraction of sp³-hybridized carbons (Fsp3) is 0.353. The van der Waals surface area contributed by atoms with E-state index in [2.05, 4.69) is 9.97 Å². The lowest BCUT2D eigenvalue weighted by atomic mass is 10.1. The second kappa shape index (κ2) is 7.05. The van der Waals surface area contributed by atoms with Crippen LogP contribution in [-0.4, -0.2) is 54.1 Å². The molecular formula is C17H19ClN4O2. The molecule has 0 radical (unpaired) electrons. The molecule has 1 aliphatic heterocycles. The average Bonchev–Trinajstić information content (AvgIpc) is 2.62. The van der Waals surface area contributed by atoms with Crippen LogP contribution in [0.2, 0.25) is 5.02 Å². The van der Waals surface area contributed by atoms with Gasteiger partial charge in [-0.1, -0.05) is 29.3 Å². The Bertz CT molecular complexity index is 728. The van der Waals surface area contributed by atoms with Crippen molar-refractivity contribution in [3.8, 4) is 6.01 Å². The SMILES string of the molecule is COc1ncc(Cl)c(N2CCN(C(=O)c3ccc(C)cc3)CC2)n1. The summed E-state index contributed by atoms with van der Waals surface area (Å²) in [4.78, 5) is 24.8. The molecule has 1 saturated heterocycles. The molecule has 1 aliphatic rings. The molecular weight excluding hydrogens is 328 g/mol. The lowest BCUT2D eigenvalue weighted by Crippen LogP contribution is -2.49. The third kappa shape index (κ3) is 3.43. The number of halogens is 1. The molecule has 1 amide bonds. The molecule has 0 atom stereocenters. The molecule has 2 heterocycles. The van der Waals surface area contributed by atoms with Crippen molar-refractivity contribution in [2.24, 2.45) is 0 Å². The lowest BCUT2D eigenvalue weighted by molar-refractivity contribution is 0.0746. The normalized spacial score (nSPS) is 14.6. The Kier molecular flexibility index (Phi) is 4.85. The van der Waals surface area contributed by atoms with Crippen molar-refractivity contribution in [1.29, 1.82) is 0 Å². The molecule has 24 heavy (non-hydrogen) atoms. The third-order valence-electron chi connectivity index (χ3n) is 4.05. The number of rotatable bonds is 3. The van der Waals surface area contributed by atoms with Gasteiger partial charge >= 0.3 is 6.01 Å². The number of aryl methyl sites for hydroxylation is 1. The fourth-order valence-corrected chi connectivity index (χ4v) is 2.87. The highest BCUT2D eigenvalue weighted by atomic mass is 35.5. The molecule has 0 saturated carbocycles. The summed E-state index contributed by atoms with van der Waals surface area (Å²) < 4.78 is 5.06. The van der Waals surface area contributed by atoms with Crippen molar-refractivity contribution in [2.75, 3.05) is 38.2 Å². The molecule has 0 bridgehead atoms. The first-order chi connectivity index (χ1) is 11.6. The number of carbonyl (C=O) groups excluding carboxylic acids is 1. The number of carbonyl (C=O) groups is 1. The van der Waals surface area contributed by atoms with E-state index in [4.69, 9.17) is 16.3 Å². The predicted octanol–water partition coefficient (Wildman–Crippen LogP) is 2.41. The van der Waals surface area contributed by atoms with E-state index in [-0.39, 0.29) is 11.9 Å². The first-order valence-electron chi connectivity index (χ1n) is 7.76. The monoisotopic (exact) mass is 346 g/mol. The van der Waals surface area contributed by atoms with Crippen LogP contribution >= 0.6 is 11.6 Å². The van der Waals surface area contributed by atoms with Gasteiger partial charge < -0.3 is 14.5 Å². The van der Waals surface area contributed by atoms with Gasteiger partial charge in [-0.2, -0.15) is 4.98 Å². The largest absolute Gasteiger partial charge is 0.467 e. The zero-order chi connectivity index (χ0) is 17.1. The molecule has 0 N–H and O–H groups in total. The summed E-state index contributed by atoms with van der Waals surface area (Å²) in [5.41, 5.74) is 1.86. The van der Waals surface area contributed by atoms with E-state index in [1.54, 1.807) is 0 Å². The molecule has 126 valence electrons. The maximum absolute atomic E-state index is 12.6. The number of nitrogens with zero attached hydrogens (tertiary/aromatic N) is 4. The minimum absolute atomic E-state index is 0.0565. The highest BCUT2D eigenvalue weighted by molar-refractivity contribution is 6.32. The van der Waals surface area contributed by atoms with E-state index in [0.717, 1.165) is 11.1 Å². The van der Waals surface area contributed by atoms with Crippen LogP contribution in [0.3, 0.4) is 0 Å². The number of anilines is 1. The zero-order valence-corrected chi connectivity index (χ0v) is 14.5. The number of hydrogen-bond acceptors (Lipinski definition) is 5. The van der Waals surface area contributed by atoms with Crippen molar-refractivity contribution in [3.63, 3.8) is 0 Å². The van der Waals surface area contributed by atoms with Gasteiger partial charge in [0.1, 0.15) is 5.02 Å². The van der Waals surface area contributed by atoms with Crippen LogP contribution in [0.1, 0.15) is 15.9 Å². The van der Waals surface area contributed by atoms with E-state index < -0.39 is 0 Å². The second-order valence-electron chi connectivity index (χ2n) is 5.67. The van der Waals surface area contributed by atoms with E-state index in [1.165, 1.54) is 13.3 Å². The highest BCUT2D eigenvalue weighted by Gasteiger charge is 2.24. The molecule has 1 fully saturated rings. The van der Waals surface area contributed by atoms with Crippen molar-refractivity contribution < 1.29 is 9.53 Å². The first kappa shape index (κ1) is 16.5. The Labute approximate surface area is 146 Å². The van der Waals surface area contributed by atoms with E-state index in [1.807, 2.05) is 41.0 Å². The van der Waals surface area contributed by atoms with Gasteiger partial charge in [0.2, 0.25) is 0 Å². The molecule has 0 spiro atoms. The predicted molar refractivity (Wildman–Crippen MR) is 92.9 cm³/mol. The number of amides is 1. The molecule has 6 nitrogen and oxygen atoms in total. The summed E-state index contributed by atoms with van der Waals surface area (Å²) in [6, 6.07) is 7.94. The average molecular weight is 347 g/mol. The summed E-state index contributed by atoms with van der Waals surface area (Å²) in [5, 5.41) is 0.481. The van der Waals surface area contributed by atoms with Crippen molar-refractivity contribution in [1.82, 2.24) is 14.9 Å². The quantitative estimate of drug-likeness (QED) is 0.854. The topological polar surface area (TPSA) is 58.6 Å². The molecule has 2 aromatic rings. The van der Waals surface area contributed by atoms with Crippen LogP contribution < -0.4 is 9.64 Å². The van der Waals surface area contributed by atoms with E-state index >= 15 is 0 Å². The minimum Gasteiger partial charge on any atom is -0.467 e. The molecule has 3 rings (SSSR count). The summed E-state index contributed by atoms with van der Waals surface area (Å²) in [6.45, 7) is 4.58. The van der Waals surface area contributed by atoms with Gasteiger partial charge in [-0.3, -0.25) is 4.79 Å². The third-order valence-corrected chi connectivity index (χ3v) is 4.32. The van der Waals surface area contributed by atoms with Crippen LogP contribution in [0.25, 0.3) is 0 Å². The molecule has 0 unspecified atom stereocenters. The van der Waals surface area contributed by atoms with Gasteiger partial charge in [0.25, 0.3) is 5.91 Å². The number of hydrogen-bond donors (Lipinski definition) is 0. The van der Waals surface area contributed by atoms with Gasteiger partial charge in [0, 0.05) is 31.7 Å². The Morgan fingerprint density at radius 1 is 1.17 bits per heavy atom. The smallest absolute Gasteiger partial charge is 0.318 e. The standard InChI is InChI=1S/C17H19ClN4O2/c1-12-3-5-13(6-4-12)16(23)22-9-7-21(8-10-22)15-14(18)11-19-17(20-15)24-2/h3-6,11H,7-10H2,1-2H3.